The largest absolute Gasteiger partial charge is 0.494 e. The smallest absolute Gasteiger partial charge is 0.417 e. The summed E-state index contributed by atoms with van der Waals surface area (Å²) in [6.07, 6.45) is 1.22. The van der Waals surface area contributed by atoms with Gasteiger partial charge in [0, 0.05) is 69.9 Å². The Morgan fingerprint density at radius 2 is 1.60 bits per heavy atom. The number of nitrogens with one attached hydrogen (secondary N) is 1. The summed E-state index contributed by atoms with van der Waals surface area (Å²) in [5.74, 6) is -0.256. The Morgan fingerprint density at radius 1 is 0.944 bits per heavy atom. The van der Waals surface area contributed by atoms with Gasteiger partial charge >= 0.3 is 6.18 Å². The van der Waals surface area contributed by atoms with Crippen LogP contribution in [-0.4, -0.2) is 111 Å². The van der Waals surface area contributed by atoms with Gasteiger partial charge in [-0.15, -0.1) is 0 Å². The number of thiocarbonyl (C=S) groups is 1. The number of hydrogen-bond donors (Lipinski definition) is 2. The number of aliphatic hydroxyl groups excluding tert-OH is 1. The lowest BCUT2D eigenvalue weighted by Crippen LogP contribution is -2.57. The molecule has 386 valence electrons. The maximum atomic E-state index is 14.0. The molecule has 0 unspecified atom stereocenters. The van der Waals surface area contributed by atoms with Crippen LogP contribution in [0.25, 0.3) is 11.4 Å². The number of imidazole rings is 1. The van der Waals surface area contributed by atoms with E-state index in [4.69, 9.17) is 26.4 Å². The Kier molecular flexibility index (Phi) is 18.0. The van der Waals surface area contributed by atoms with Crippen molar-refractivity contribution in [2.75, 3.05) is 49.4 Å². The first-order chi connectivity index (χ1) is 34.0. The molecular weight excluding hydrogens is 952 g/mol. The molecular formula is C53H64F3N7O8S. The molecule has 1 aromatic heterocycles. The molecule has 3 aromatic carbocycles. The number of halogens is 3. The standard InChI is InChI=1S/C53H64F3N7O8S/c1-34(35-12-14-36(15-13-35)47-58-22-23-60(47)7)28-44(65)43-30-40(64)32-61(43)48(67)46(51(2,3)4)59-45(66)33-70-26-11-25-69-24-9-8-10-27-71-41-20-18-38(19-21-41)63-50(72)62(49(68)52(63,5)6)39-17-16-37(31-57)42(29-39)53(54,55)56/h12-23,29,34,40,43,46,64H,8-11,24-28,30,32-33H2,1-7H3,(H,59,66)/t34-,40-,43+,46-/m1/s1. The number of alkyl halides is 3. The lowest BCUT2D eigenvalue weighted by molar-refractivity contribution is -0.144. The Labute approximate surface area is 424 Å². The molecule has 0 saturated carbocycles. The van der Waals surface area contributed by atoms with Crippen LogP contribution in [0.5, 0.6) is 5.75 Å². The number of aliphatic hydroxyl groups is 1. The number of unbranched alkanes of at least 4 members (excludes halogenated alkanes) is 2. The van der Waals surface area contributed by atoms with Gasteiger partial charge in [0.15, 0.2) is 10.9 Å². The van der Waals surface area contributed by atoms with Gasteiger partial charge in [-0.1, -0.05) is 52.0 Å². The van der Waals surface area contributed by atoms with E-state index in [0.29, 0.717) is 37.7 Å². The quantitative estimate of drug-likeness (QED) is 0.0572. The van der Waals surface area contributed by atoms with E-state index in [1.165, 1.54) is 11.0 Å². The number of ether oxygens (including phenoxy) is 3. The normalized spacial score (nSPS) is 17.8. The molecule has 4 aromatic rings. The van der Waals surface area contributed by atoms with Gasteiger partial charge in [0.1, 0.15) is 29.8 Å². The zero-order chi connectivity index (χ0) is 52.5. The predicted molar refractivity (Wildman–Crippen MR) is 269 cm³/mol. The van der Waals surface area contributed by atoms with E-state index >= 15 is 0 Å². The third-order valence-corrected chi connectivity index (χ3v) is 13.2. The van der Waals surface area contributed by atoms with Crippen molar-refractivity contribution in [1.82, 2.24) is 19.8 Å². The van der Waals surface area contributed by atoms with Crippen LogP contribution in [-0.2, 0) is 41.9 Å². The predicted octanol–water partition coefficient (Wildman–Crippen LogP) is 8.12. The second-order valence-electron chi connectivity index (χ2n) is 19.9. The molecule has 2 aliphatic rings. The first-order valence-corrected chi connectivity index (χ1v) is 24.5. The van der Waals surface area contributed by atoms with Gasteiger partial charge in [-0.3, -0.25) is 24.1 Å². The summed E-state index contributed by atoms with van der Waals surface area (Å²) < 4.78 is 60.3. The number of anilines is 2. The van der Waals surface area contributed by atoms with Crippen molar-refractivity contribution in [3.05, 3.63) is 95.8 Å². The molecule has 3 amide bonds. The number of carbonyl (C=O) groups is 4. The van der Waals surface area contributed by atoms with E-state index in [2.05, 4.69) is 10.3 Å². The van der Waals surface area contributed by atoms with Crippen molar-refractivity contribution >= 4 is 52.2 Å². The minimum atomic E-state index is -4.80. The highest BCUT2D eigenvalue weighted by Crippen LogP contribution is 2.40. The molecule has 6 rings (SSSR count). The number of likely N-dealkylation sites (tertiary alicyclic amines) is 1. The van der Waals surface area contributed by atoms with E-state index in [9.17, 15) is 42.7 Å². The SMILES string of the molecule is C[C@H](CC(=O)[C@@H]1C[C@@H](O)CN1C(=O)[C@@H](NC(=O)COCCCOCCCCCOc1ccc(N2C(=S)N(c3ccc(C#N)c(C(F)(F)F)c3)C(=O)C2(C)C)cc1)C(C)(C)C)c1ccc(-c2nccn2C)cc1. The number of nitrogens with zero attached hydrogens (tertiary/aromatic N) is 6. The molecule has 72 heavy (non-hydrogen) atoms. The van der Waals surface area contributed by atoms with Crippen molar-refractivity contribution in [2.45, 2.75) is 116 Å². The number of benzene rings is 3. The van der Waals surface area contributed by atoms with Crippen molar-refractivity contribution in [3.8, 4) is 23.2 Å². The summed E-state index contributed by atoms with van der Waals surface area (Å²) in [5.41, 5.74) is -1.22. The molecule has 15 nitrogen and oxygen atoms in total. The van der Waals surface area contributed by atoms with E-state index in [1.807, 2.05) is 69.8 Å². The van der Waals surface area contributed by atoms with Gasteiger partial charge in [0.2, 0.25) is 11.8 Å². The minimum Gasteiger partial charge on any atom is -0.494 e. The second-order valence-corrected chi connectivity index (χ2v) is 20.3. The van der Waals surface area contributed by atoms with Crippen LogP contribution >= 0.6 is 12.2 Å². The monoisotopic (exact) mass is 1020 g/mol. The second kappa shape index (κ2) is 23.6. The molecule has 3 heterocycles. The molecule has 0 aliphatic carbocycles. The molecule has 2 aliphatic heterocycles. The Morgan fingerprint density at radius 3 is 2.24 bits per heavy atom. The highest BCUT2D eigenvalue weighted by molar-refractivity contribution is 7.81. The molecule has 0 radical (unpaired) electrons. The van der Waals surface area contributed by atoms with E-state index < -0.39 is 64.2 Å². The third-order valence-electron chi connectivity index (χ3n) is 12.9. The summed E-state index contributed by atoms with van der Waals surface area (Å²) in [6.45, 7) is 12.1. The number of β-amino-alcohol motifs (C(OH)–C–C–N with tert-alkyl or cyclic N) is 1. The summed E-state index contributed by atoms with van der Waals surface area (Å²) in [6, 6.07) is 17.7. The summed E-state index contributed by atoms with van der Waals surface area (Å²) in [7, 11) is 1.93. The number of carbonyl (C=O) groups excluding carboxylic acids is 4. The van der Waals surface area contributed by atoms with E-state index in [0.717, 1.165) is 53.2 Å². The lowest BCUT2D eigenvalue weighted by Gasteiger charge is -2.35. The number of rotatable bonds is 22. The number of aromatic nitrogens is 2. The zero-order valence-electron chi connectivity index (χ0n) is 41.8. The van der Waals surface area contributed by atoms with Gasteiger partial charge in [-0.25, -0.2) is 4.98 Å². The number of hydrogen-bond acceptors (Lipinski definition) is 11. The van der Waals surface area contributed by atoms with Gasteiger partial charge in [0.05, 0.1) is 41.6 Å². The third kappa shape index (κ3) is 13.3. The maximum Gasteiger partial charge on any atom is 0.417 e. The lowest BCUT2D eigenvalue weighted by atomic mass is 9.85. The Balaban J connectivity index is 0.859. The highest BCUT2D eigenvalue weighted by atomic mass is 32.1. The average Bonchev–Trinajstić information content (AvgIpc) is 4.00. The van der Waals surface area contributed by atoms with Crippen LogP contribution in [0, 0.1) is 16.7 Å². The number of aryl methyl sites for hydroxylation is 1. The van der Waals surface area contributed by atoms with Crippen molar-refractivity contribution < 1.29 is 51.7 Å². The Hall–Kier alpha value is -6.20. The zero-order valence-corrected chi connectivity index (χ0v) is 42.6. The van der Waals surface area contributed by atoms with Crippen molar-refractivity contribution in [1.29, 1.82) is 5.26 Å². The van der Waals surface area contributed by atoms with Gasteiger partial charge in [-0.05, 0) is 111 Å². The van der Waals surface area contributed by atoms with E-state index in [-0.39, 0.29) is 55.1 Å². The van der Waals surface area contributed by atoms with Gasteiger partial charge in [0.25, 0.3) is 5.91 Å². The highest BCUT2D eigenvalue weighted by Gasteiger charge is 2.51. The van der Waals surface area contributed by atoms with Crippen molar-refractivity contribution in [3.63, 3.8) is 0 Å². The molecule has 2 fully saturated rings. The van der Waals surface area contributed by atoms with Crippen LogP contribution in [0.3, 0.4) is 0 Å². The average molecular weight is 1020 g/mol. The fourth-order valence-corrected chi connectivity index (χ4v) is 9.42. The summed E-state index contributed by atoms with van der Waals surface area (Å²) in [5, 5.41) is 22.7. The molecule has 0 spiro atoms. The minimum absolute atomic E-state index is 0.000165. The van der Waals surface area contributed by atoms with Crippen LogP contribution < -0.4 is 19.9 Å². The first kappa shape index (κ1) is 55.1. The first-order valence-electron chi connectivity index (χ1n) is 24.1. The topological polar surface area (TPSA) is 180 Å². The van der Waals surface area contributed by atoms with Crippen LogP contribution in [0.1, 0.15) is 103 Å². The van der Waals surface area contributed by atoms with Crippen LogP contribution in [0.15, 0.2) is 79.1 Å². The number of nitriles is 1. The van der Waals surface area contributed by atoms with Crippen LogP contribution in [0.2, 0.25) is 0 Å². The maximum absolute atomic E-state index is 14.0. The Bertz CT molecular complexity index is 2610. The van der Waals surface area contributed by atoms with Gasteiger partial charge < -0.3 is 39.0 Å². The van der Waals surface area contributed by atoms with Crippen molar-refractivity contribution in [2.24, 2.45) is 12.5 Å². The molecule has 4 atom stereocenters. The molecule has 2 saturated heterocycles. The number of ketones is 1. The van der Waals surface area contributed by atoms with Gasteiger partial charge in [-0.2, -0.15) is 18.4 Å². The van der Waals surface area contributed by atoms with E-state index in [1.54, 1.807) is 55.3 Å². The fraction of sp³-hybridized carbons (Fsp3) is 0.491. The number of amides is 3. The molecule has 19 heteroatoms. The summed E-state index contributed by atoms with van der Waals surface area (Å²) in [4.78, 5) is 62.8. The fourth-order valence-electron chi connectivity index (χ4n) is 8.89. The summed E-state index contributed by atoms with van der Waals surface area (Å²) >= 11 is 5.63. The van der Waals surface area contributed by atoms with Crippen LogP contribution in [0.4, 0.5) is 24.5 Å². The molecule has 0 bridgehead atoms. The molecule has 2 N–H and O–H groups in total. The number of Topliss-reactive ketones (excluding diaryl/α,β-unsaturated/α-hetero) is 1.